The first-order valence-corrected chi connectivity index (χ1v) is 9.90. The van der Waals surface area contributed by atoms with Crippen LogP contribution in [-0.4, -0.2) is 20.3 Å². The van der Waals surface area contributed by atoms with Crippen LogP contribution in [0, 0.1) is 0 Å². The average Bonchev–Trinajstić information content (AvgIpc) is 3.42. The van der Waals surface area contributed by atoms with Crippen LogP contribution in [0.5, 0.6) is 0 Å². The van der Waals surface area contributed by atoms with E-state index in [1.165, 1.54) is 0 Å². The third-order valence-electron chi connectivity index (χ3n) is 5.28. The van der Waals surface area contributed by atoms with E-state index in [9.17, 15) is 5.11 Å². The Morgan fingerprint density at radius 1 is 1.00 bits per heavy atom. The second-order valence-electron chi connectivity index (χ2n) is 6.80. The third kappa shape index (κ3) is 2.51. The fraction of sp³-hybridized carbons (Fsp3) is 0.136. The van der Waals surface area contributed by atoms with Crippen LogP contribution >= 0.6 is 11.3 Å². The van der Waals surface area contributed by atoms with E-state index >= 15 is 0 Å². The minimum Gasteiger partial charge on any atom is -0.380 e. The molecule has 0 saturated heterocycles. The van der Waals surface area contributed by atoms with Gasteiger partial charge >= 0.3 is 0 Å². The van der Waals surface area contributed by atoms with Crippen LogP contribution in [0.25, 0.3) is 32.5 Å². The molecule has 5 aromatic rings. The van der Waals surface area contributed by atoms with Crippen LogP contribution in [0.2, 0.25) is 0 Å². The number of hydrogen-bond donors (Lipinski definition) is 3. The van der Waals surface area contributed by atoms with Crippen LogP contribution in [0.3, 0.4) is 0 Å². The van der Waals surface area contributed by atoms with Gasteiger partial charge in [0.25, 0.3) is 0 Å². The maximum atomic E-state index is 11.4. The highest BCUT2D eigenvalue weighted by Crippen LogP contribution is 2.36. The molecule has 1 unspecified atom stereocenters. The second-order valence-corrected chi connectivity index (χ2v) is 7.72. The Morgan fingerprint density at radius 3 is 2.67 bits per heavy atom. The van der Waals surface area contributed by atoms with Crippen molar-refractivity contribution in [2.24, 2.45) is 0 Å². The van der Waals surface area contributed by atoms with E-state index in [4.69, 9.17) is 0 Å². The van der Waals surface area contributed by atoms with Crippen molar-refractivity contribution >= 4 is 32.5 Å². The van der Waals surface area contributed by atoms with Crippen LogP contribution in [0.15, 0.2) is 66.0 Å². The van der Waals surface area contributed by atoms with Gasteiger partial charge in [0.1, 0.15) is 11.3 Å². The highest BCUT2D eigenvalue weighted by molar-refractivity contribution is 7.17. The van der Waals surface area contributed by atoms with Gasteiger partial charge in [-0.1, -0.05) is 43.3 Å². The fourth-order valence-corrected chi connectivity index (χ4v) is 4.58. The predicted octanol–water partition coefficient (Wildman–Crippen LogP) is 5.42. The first-order valence-electron chi connectivity index (χ1n) is 9.02. The summed E-state index contributed by atoms with van der Waals surface area (Å²) in [5, 5.41) is 22.1. The molecule has 0 amide bonds. The number of aromatic amines is 2. The molecule has 3 N–H and O–H groups in total. The Hall–Kier alpha value is -2.89. The topological polar surface area (TPSA) is 64.7 Å². The molecular weight excluding hydrogens is 354 g/mol. The minimum atomic E-state index is -1.000. The second kappa shape index (κ2) is 6.08. The summed E-state index contributed by atoms with van der Waals surface area (Å²) in [6.07, 6.45) is 0.606. The van der Waals surface area contributed by atoms with E-state index in [2.05, 4.69) is 32.7 Å². The number of H-pyrrole nitrogens is 2. The van der Waals surface area contributed by atoms with Gasteiger partial charge in [-0.05, 0) is 47.2 Å². The molecule has 0 aliphatic rings. The van der Waals surface area contributed by atoms with Crippen LogP contribution in [0.4, 0.5) is 0 Å². The lowest BCUT2D eigenvalue weighted by Crippen LogP contribution is -2.26. The Labute approximate surface area is 160 Å². The molecule has 5 rings (SSSR count). The van der Waals surface area contributed by atoms with E-state index < -0.39 is 5.60 Å². The molecule has 1 atom stereocenters. The van der Waals surface area contributed by atoms with Crippen molar-refractivity contribution in [3.8, 4) is 11.4 Å². The number of nitrogens with zero attached hydrogens (tertiary/aromatic N) is 1. The smallest absolute Gasteiger partial charge is 0.126 e. The van der Waals surface area contributed by atoms with Gasteiger partial charge in [-0.2, -0.15) is 5.10 Å². The van der Waals surface area contributed by atoms with Gasteiger partial charge in [0.15, 0.2) is 0 Å². The van der Waals surface area contributed by atoms with Gasteiger partial charge in [-0.15, -0.1) is 11.3 Å². The van der Waals surface area contributed by atoms with Gasteiger partial charge in [-0.25, -0.2) is 0 Å². The van der Waals surface area contributed by atoms with Crippen molar-refractivity contribution in [2.75, 3.05) is 0 Å². The number of rotatable bonds is 4. The first kappa shape index (κ1) is 16.3. The molecule has 3 aromatic heterocycles. The standard InChI is InChI=1S/C22H19N3OS/c1-2-22(26,15-6-4-3-5-7-15)16-8-9-17-14(12-16)13-19(23-17)20-21-18(24-25-20)10-11-27-21/h3-13,23,26H,2H2,1H3,(H,24,25). The van der Waals surface area contributed by atoms with Crippen LogP contribution < -0.4 is 0 Å². The number of aliphatic hydroxyl groups is 1. The molecule has 0 saturated carbocycles. The number of hydrogen-bond acceptors (Lipinski definition) is 3. The molecular formula is C22H19N3OS. The molecule has 134 valence electrons. The van der Waals surface area contributed by atoms with Gasteiger partial charge in [0.05, 0.1) is 15.9 Å². The summed E-state index contributed by atoms with van der Waals surface area (Å²) in [5.41, 5.74) is 4.82. The number of aromatic nitrogens is 3. The van der Waals surface area contributed by atoms with Gasteiger partial charge in [0.2, 0.25) is 0 Å². The highest BCUT2D eigenvalue weighted by atomic mass is 32.1. The summed E-state index contributed by atoms with van der Waals surface area (Å²) in [6.45, 7) is 2.01. The summed E-state index contributed by atoms with van der Waals surface area (Å²) in [6, 6.07) is 20.1. The maximum Gasteiger partial charge on any atom is 0.126 e. The third-order valence-corrected chi connectivity index (χ3v) is 6.21. The van der Waals surface area contributed by atoms with E-state index in [0.29, 0.717) is 6.42 Å². The van der Waals surface area contributed by atoms with Crippen molar-refractivity contribution in [3.63, 3.8) is 0 Å². The van der Waals surface area contributed by atoms with Crippen molar-refractivity contribution in [1.82, 2.24) is 15.2 Å². The van der Waals surface area contributed by atoms with Crippen molar-refractivity contribution in [3.05, 3.63) is 77.2 Å². The number of nitrogens with one attached hydrogen (secondary N) is 2. The summed E-state index contributed by atoms with van der Waals surface area (Å²) in [7, 11) is 0. The van der Waals surface area contributed by atoms with Crippen molar-refractivity contribution in [1.29, 1.82) is 0 Å². The Kier molecular flexibility index (Phi) is 3.67. The largest absolute Gasteiger partial charge is 0.380 e. The van der Waals surface area contributed by atoms with Crippen molar-refractivity contribution in [2.45, 2.75) is 18.9 Å². The Balaban J connectivity index is 1.63. The number of thiophene rings is 1. The predicted molar refractivity (Wildman–Crippen MR) is 111 cm³/mol. The molecule has 0 fully saturated rings. The first-order chi connectivity index (χ1) is 13.2. The lowest BCUT2D eigenvalue weighted by atomic mass is 9.84. The molecule has 0 radical (unpaired) electrons. The summed E-state index contributed by atoms with van der Waals surface area (Å²) < 4.78 is 1.15. The molecule has 0 spiro atoms. The molecule has 3 heterocycles. The molecule has 5 heteroatoms. The van der Waals surface area contributed by atoms with Crippen molar-refractivity contribution < 1.29 is 5.11 Å². The van der Waals surface area contributed by atoms with Gasteiger partial charge < -0.3 is 10.1 Å². The molecule has 0 aliphatic heterocycles. The number of benzene rings is 2. The highest BCUT2D eigenvalue weighted by Gasteiger charge is 2.29. The molecule has 0 bridgehead atoms. The Morgan fingerprint density at radius 2 is 1.85 bits per heavy atom. The minimum absolute atomic E-state index is 0.606. The zero-order chi connectivity index (χ0) is 18.4. The normalized spacial score (nSPS) is 14.0. The van der Waals surface area contributed by atoms with Crippen LogP contribution in [-0.2, 0) is 5.60 Å². The zero-order valence-corrected chi connectivity index (χ0v) is 15.7. The maximum absolute atomic E-state index is 11.4. The Bertz CT molecular complexity index is 1230. The molecule has 2 aromatic carbocycles. The number of fused-ring (bicyclic) bond motifs is 2. The zero-order valence-electron chi connectivity index (χ0n) is 14.9. The molecule has 27 heavy (non-hydrogen) atoms. The summed E-state index contributed by atoms with van der Waals surface area (Å²) in [4.78, 5) is 3.46. The fourth-order valence-electron chi connectivity index (χ4n) is 3.74. The van der Waals surface area contributed by atoms with E-state index in [-0.39, 0.29) is 0 Å². The van der Waals surface area contributed by atoms with Gasteiger partial charge in [-0.3, -0.25) is 5.10 Å². The summed E-state index contributed by atoms with van der Waals surface area (Å²) in [5.74, 6) is 0. The average molecular weight is 373 g/mol. The SMILES string of the molecule is CCC(O)(c1ccccc1)c1ccc2[nH]c(-c3n[nH]c4ccsc34)cc2c1. The van der Waals surface area contributed by atoms with Gasteiger partial charge in [0, 0.05) is 10.9 Å². The molecule has 4 nitrogen and oxygen atoms in total. The van der Waals surface area contributed by atoms with E-state index in [0.717, 1.165) is 43.6 Å². The lowest BCUT2D eigenvalue weighted by Gasteiger charge is -2.28. The lowest BCUT2D eigenvalue weighted by molar-refractivity contribution is 0.0767. The summed E-state index contributed by atoms with van der Waals surface area (Å²) >= 11 is 1.68. The quantitative estimate of drug-likeness (QED) is 0.394. The molecule has 0 aliphatic carbocycles. The van der Waals surface area contributed by atoms with Crippen LogP contribution in [0.1, 0.15) is 24.5 Å². The monoisotopic (exact) mass is 373 g/mol. The van der Waals surface area contributed by atoms with E-state index in [1.807, 2.05) is 55.5 Å². The van der Waals surface area contributed by atoms with E-state index in [1.54, 1.807) is 11.3 Å².